The lowest BCUT2D eigenvalue weighted by atomic mass is 10.1. The minimum Gasteiger partial charge on any atom is -0.486 e. The number of halogens is 3. The molecule has 0 spiro atoms. The number of ether oxygens (including phenoxy) is 1. The number of nitrogen functional groups attached to an aromatic ring is 1. The highest BCUT2D eigenvalue weighted by molar-refractivity contribution is 7.12. The molecule has 0 amide bonds. The Balaban J connectivity index is 1.62. The zero-order valence-electron chi connectivity index (χ0n) is 14.7. The second-order valence-corrected chi connectivity index (χ2v) is 7.87. The molecule has 29 heavy (non-hydrogen) atoms. The summed E-state index contributed by atoms with van der Waals surface area (Å²) in [5, 5.41) is 2.88. The number of benzene rings is 1. The minimum absolute atomic E-state index is 0.0332. The number of carbonyl (C=O) groups excluding carboxylic acids is 1. The summed E-state index contributed by atoms with van der Waals surface area (Å²) in [5.74, 6) is -0.104. The van der Waals surface area contributed by atoms with Crippen molar-refractivity contribution in [2.24, 2.45) is 0 Å². The van der Waals surface area contributed by atoms with Crippen LogP contribution >= 0.6 is 34.5 Å². The number of carbonyl (C=O) groups is 1. The van der Waals surface area contributed by atoms with Crippen LogP contribution in [0.2, 0.25) is 10.0 Å². The van der Waals surface area contributed by atoms with Crippen molar-refractivity contribution >= 4 is 57.6 Å². The zero-order chi connectivity index (χ0) is 20.5. The highest BCUT2D eigenvalue weighted by Crippen LogP contribution is 2.39. The number of hydrogen-bond donors (Lipinski definition) is 1. The Labute approximate surface area is 178 Å². The number of nitrogens with zero attached hydrogens (tertiary/aromatic N) is 1. The van der Waals surface area contributed by atoms with Gasteiger partial charge in [-0.05, 0) is 34.7 Å². The van der Waals surface area contributed by atoms with E-state index in [1.807, 2.05) is 5.38 Å². The van der Waals surface area contributed by atoms with Gasteiger partial charge in [-0.15, -0.1) is 11.3 Å². The van der Waals surface area contributed by atoms with Crippen LogP contribution < -0.4 is 10.5 Å². The van der Waals surface area contributed by atoms with Crippen LogP contribution in [0.15, 0.2) is 40.5 Å². The molecule has 0 fully saturated rings. The first-order valence-corrected chi connectivity index (χ1v) is 10.1. The molecule has 2 N–H and O–H groups in total. The molecular weight excluding hydrogens is 438 g/mol. The van der Waals surface area contributed by atoms with Crippen LogP contribution in [0, 0.1) is 5.82 Å². The normalized spacial score (nSPS) is 11.1. The molecular formula is C20H13Cl2FN2O3S. The smallest absolute Gasteiger partial charge is 0.205 e. The van der Waals surface area contributed by atoms with Gasteiger partial charge in [-0.3, -0.25) is 4.79 Å². The topological polar surface area (TPSA) is 78.4 Å². The monoisotopic (exact) mass is 450 g/mol. The van der Waals surface area contributed by atoms with Gasteiger partial charge in [0.1, 0.15) is 5.82 Å². The van der Waals surface area contributed by atoms with Gasteiger partial charge < -0.3 is 14.9 Å². The third-order valence-electron chi connectivity index (χ3n) is 4.39. The van der Waals surface area contributed by atoms with Gasteiger partial charge in [-0.25, -0.2) is 9.37 Å². The summed E-state index contributed by atoms with van der Waals surface area (Å²) in [5.41, 5.74) is 8.47. The van der Waals surface area contributed by atoms with Crippen molar-refractivity contribution in [3.63, 3.8) is 0 Å². The summed E-state index contributed by atoms with van der Waals surface area (Å²) >= 11 is 13.4. The number of rotatable bonds is 6. The number of pyridine rings is 1. The van der Waals surface area contributed by atoms with E-state index in [1.165, 1.54) is 23.5 Å². The van der Waals surface area contributed by atoms with Gasteiger partial charge in [-0.2, -0.15) is 0 Å². The predicted molar refractivity (Wildman–Crippen MR) is 113 cm³/mol. The molecule has 4 rings (SSSR count). The maximum absolute atomic E-state index is 13.7. The largest absolute Gasteiger partial charge is 0.486 e. The molecule has 9 heteroatoms. The van der Waals surface area contributed by atoms with E-state index in [-0.39, 0.29) is 29.6 Å². The van der Waals surface area contributed by atoms with E-state index in [0.29, 0.717) is 26.4 Å². The lowest BCUT2D eigenvalue weighted by molar-refractivity contribution is 0.112. The summed E-state index contributed by atoms with van der Waals surface area (Å²) in [4.78, 5) is 15.7. The molecule has 148 valence electrons. The number of furan rings is 1. The van der Waals surface area contributed by atoms with Gasteiger partial charge in [0.05, 0.1) is 28.2 Å². The molecule has 0 aliphatic rings. The summed E-state index contributed by atoms with van der Waals surface area (Å²) in [7, 11) is 0. The second-order valence-electron chi connectivity index (χ2n) is 6.14. The van der Waals surface area contributed by atoms with Crippen LogP contribution in [0.3, 0.4) is 0 Å². The quantitative estimate of drug-likeness (QED) is 0.287. The molecule has 0 atom stereocenters. The van der Waals surface area contributed by atoms with Crippen LogP contribution in [0.4, 0.5) is 10.2 Å². The highest BCUT2D eigenvalue weighted by atomic mass is 35.5. The van der Waals surface area contributed by atoms with E-state index in [1.54, 1.807) is 18.5 Å². The van der Waals surface area contributed by atoms with Crippen molar-refractivity contribution < 1.29 is 18.3 Å². The van der Waals surface area contributed by atoms with Crippen molar-refractivity contribution in [3.8, 4) is 16.9 Å². The molecule has 0 saturated carbocycles. The average molecular weight is 451 g/mol. The van der Waals surface area contributed by atoms with E-state index in [9.17, 15) is 9.18 Å². The molecule has 5 nitrogen and oxygen atoms in total. The second kappa shape index (κ2) is 8.02. The van der Waals surface area contributed by atoms with Crippen LogP contribution in [0.5, 0.6) is 5.75 Å². The van der Waals surface area contributed by atoms with Crippen LogP contribution in [0.25, 0.3) is 22.1 Å². The van der Waals surface area contributed by atoms with E-state index in [4.69, 9.17) is 38.1 Å². The number of aldehydes is 1. The fourth-order valence-electron chi connectivity index (χ4n) is 2.95. The summed E-state index contributed by atoms with van der Waals surface area (Å²) < 4.78 is 25.2. The Morgan fingerprint density at radius 3 is 2.93 bits per heavy atom. The third kappa shape index (κ3) is 3.69. The number of aromatic nitrogens is 1. The summed E-state index contributed by atoms with van der Waals surface area (Å²) in [6, 6.07) is 4.43. The van der Waals surface area contributed by atoms with Crippen LogP contribution in [-0.2, 0) is 6.42 Å². The van der Waals surface area contributed by atoms with E-state index < -0.39 is 5.82 Å². The maximum Gasteiger partial charge on any atom is 0.205 e. The van der Waals surface area contributed by atoms with Gasteiger partial charge >= 0.3 is 0 Å². The number of fused-ring (bicyclic) bond motifs is 1. The molecule has 3 heterocycles. The Hall–Kier alpha value is -2.61. The Kier molecular flexibility index (Phi) is 5.45. The van der Waals surface area contributed by atoms with Crippen molar-refractivity contribution in [3.05, 3.63) is 62.3 Å². The van der Waals surface area contributed by atoms with Crippen molar-refractivity contribution in [2.45, 2.75) is 6.42 Å². The summed E-state index contributed by atoms with van der Waals surface area (Å²) in [6.45, 7) is 0.137. The summed E-state index contributed by atoms with van der Waals surface area (Å²) in [6.07, 6.45) is 4.22. The molecule has 1 aromatic carbocycles. The van der Waals surface area contributed by atoms with Gasteiger partial charge in [-0.1, -0.05) is 23.2 Å². The van der Waals surface area contributed by atoms with Crippen LogP contribution in [0.1, 0.15) is 15.2 Å². The maximum atomic E-state index is 13.7. The van der Waals surface area contributed by atoms with Crippen LogP contribution in [-0.4, -0.2) is 17.9 Å². The zero-order valence-corrected chi connectivity index (χ0v) is 17.1. The lowest BCUT2D eigenvalue weighted by Gasteiger charge is -2.11. The fourth-order valence-corrected chi connectivity index (χ4v) is 4.22. The Morgan fingerprint density at radius 2 is 2.17 bits per heavy atom. The molecule has 3 aromatic heterocycles. The Morgan fingerprint density at radius 1 is 1.34 bits per heavy atom. The highest BCUT2D eigenvalue weighted by Gasteiger charge is 2.18. The minimum atomic E-state index is -0.546. The van der Waals surface area contributed by atoms with Gasteiger partial charge in [0.2, 0.25) is 5.75 Å². The molecule has 0 saturated heterocycles. The predicted octanol–water partition coefficient (Wildman–Crippen LogP) is 6.02. The lowest BCUT2D eigenvalue weighted by Crippen LogP contribution is -2.06. The first-order chi connectivity index (χ1) is 14.0. The fraction of sp³-hybridized carbons (Fsp3) is 0.100. The van der Waals surface area contributed by atoms with E-state index in [2.05, 4.69) is 4.98 Å². The SMILES string of the molecule is Nc1ncc2c(-c3csc(C=O)c3)coc2c1OCCc1c(Cl)ccc(F)c1Cl. The van der Waals surface area contributed by atoms with Gasteiger partial charge in [0.15, 0.2) is 17.7 Å². The first-order valence-electron chi connectivity index (χ1n) is 8.44. The number of nitrogens with two attached hydrogens (primary N) is 1. The number of anilines is 1. The molecule has 0 aliphatic heterocycles. The molecule has 0 aliphatic carbocycles. The third-order valence-corrected chi connectivity index (χ3v) is 6.01. The van der Waals surface area contributed by atoms with E-state index >= 15 is 0 Å². The van der Waals surface area contributed by atoms with Crippen molar-refractivity contribution in [1.29, 1.82) is 0 Å². The molecule has 0 radical (unpaired) electrons. The first kappa shape index (κ1) is 19.7. The van der Waals surface area contributed by atoms with Crippen molar-refractivity contribution in [1.82, 2.24) is 4.98 Å². The number of hydrogen-bond acceptors (Lipinski definition) is 6. The Bertz CT molecular complexity index is 1220. The van der Waals surface area contributed by atoms with Crippen molar-refractivity contribution in [2.75, 3.05) is 12.3 Å². The molecule has 4 aromatic rings. The standard InChI is InChI=1S/C20H13Cl2FN2O3S/c21-15-1-2-16(23)17(22)12(15)3-4-27-19-18-13(6-25-20(19)24)14(8-28-18)10-5-11(7-26)29-9-10/h1-2,5-9H,3-4H2,(H2,24,25). The van der Waals surface area contributed by atoms with E-state index in [0.717, 1.165) is 17.4 Å². The number of thiophene rings is 1. The molecule has 0 bridgehead atoms. The van der Waals surface area contributed by atoms with Gasteiger partial charge in [0, 0.05) is 23.2 Å². The van der Waals surface area contributed by atoms with Gasteiger partial charge in [0.25, 0.3) is 0 Å². The molecule has 0 unspecified atom stereocenters. The average Bonchev–Trinajstić information content (AvgIpc) is 3.35.